The Balaban J connectivity index is 2.42. The van der Waals surface area contributed by atoms with Crippen LogP contribution in [0.2, 0.25) is 0 Å². The average Bonchev–Trinajstić information content (AvgIpc) is 2.49. The van der Waals surface area contributed by atoms with Crippen LogP contribution < -0.4 is 4.72 Å². The van der Waals surface area contributed by atoms with Gasteiger partial charge in [0.15, 0.2) is 5.82 Å². The van der Waals surface area contributed by atoms with E-state index < -0.39 is 16.0 Å². The number of nitrogens with zero attached hydrogens (tertiary/aromatic N) is 1. The van der Waals surface area contributed by atoms with Gasteiger partial charge >= 0.3 is 5.97 Å². The van der Waals surface area contributed by atoms with E-state index >= 15 is 0 Å². The highest BCUT2D eigenvalue weighted by atomic mass is 32.2. The first kappa shape index (κ1) is 14.8. The van der Waals surface area contributed by atoms with E-state index in [0.29, 0.717) is 0 Å². The van der Waals surface area contributed by atoms with Crippen molar-refractivity contribution in [2.45, 2.75) is 4.90 Å². The van der Waals surface area contributed by atoms with Crippen LogP contribution in [0.15, 0.2) is 47.5 Å². The Kier molecular flexibility index (Phi) is 4.08. The number of carbonyl (C=O) groups excluding carboxylic acids is 1. The molecule has 2 N–H and O–H groups in total. The molecule has 0 saturated heterocycles. The summed E-state index contributed by atoms with van der Waals surface area (Å²) in [6.07, 6.45) is 1.02. The van der Waals surface area contributed by atoms with E-state index in [4.69, 9.17) is 0 Å². The van der Waals surface area contributed by atoms with Crippen LogP contribution in [0.5, 0.6) is 5.75 Å². The second-order valence-corrected chi connectivity index (χ2v) is 5.68. The molecule has 0 fully saturated rings. The molecule has 0 radical (unpaired) electrons. The topological polar surface area (TPSA) is 106 Å². The van der Waals surface area contributed by atoms with Crippen LogP contribution in [-0.4, -0.2) is 31.6 Å². The lowest BCUT2D eigenvalue weighted by atomic mass is 10.2. The van der Waals surface area contributed by atoms with Crippen molar-refractivity contribution in [1.29, 1.82) is 0 Å². The molecule has 21 heavy (non-hydrogen) atoms. The van der Waals surface area contributed by atoms with Crippen molar-refractivity contribution in [2.75, 3.05) is 11.8 Å². The smallest absolute Gasteiger partial charge is 0.341 e. The zero-order valence-electron chi connectivity index (χ0n) is 11.0. The minimum Gasteiger partial charge on any atom is -0.506 e. The third-order valence-corrected chi connectivity index (χ3v) is 3.92. The summed E-state index contributed by atoms with van der Waals surface area (Å²) in [5.41, 5.74) is -0.183. The van der Waals surface area contributed by atoms with Crippen molar-refractivity contribution in [3.05, 3.63) is 48.2 Å². The molecule has 1 aromatic carbocycles. The summed E-state index contributed by atoms with van der Waals surface area (Å²) in [5, 5.41) is 9.35. The van der Waals surface area contributed by atoms with Gasteiger partial charge in [-0.05, 0) is 18.2 Å². The molecule has 2 rings (SSSR count). The van der Waals surface area contributed by atoms with E-state index in [2.05, 4.69) is 14.4 Å². The highest BCUT2D eigenvalue weighted by Crippen LogP contribution is 2.22. The Morgan fingerprint density at radius 2 is 1.95 bits per heavy atom. The first-order valence-corrected chi connectivity index (χ1v) is 7.27. The molecular formula is C13H12N2O5S. The Labute approximate surface area is 121 Å². The Morgan fingerprint density at radius 1 is 1.29 bits per heavy atom. The lowest BCUT2D eigenvalue weighted by molar-refractivity contribution is 0.0601. The minimum absolute atomic E-state index is 0.0238. The monoisotopic (exact) mass is 308 g/mol. The number of ether oxygens (including phenoxy) is 1. The summed E-state index contributed by atoms with van der Waals surface area (Å²) < 4.78 is 31.1. The quantitative estimate of drug-likeness (QED) is 0.826. The van der Waals surface area contributed by atoms with Gasteiger partial charge in [-0.25, -0.2) is 18.2 Å². The normalized spacial score (nSPS) is 10.9. The number of hydrogen-bond acceptors (Lipinski definition) is 6. The van der Waals surface area contributed by atoms with Gasteiger partial charge in [-0.15, -0.1) is 0 Å². The van der Waals surface area contributed by atoms with Crippen LogP contribution >= 0.6 is 0 Å². The maximum atomic E-state index is 12.2. The largest absolute Gasteiger partial charge is 0.506 e. The number of carbonyl (C=O) groups is 1. The van der Waals surface area contributed by atoms with Crippen LogP contribution in [0.4, 0.5) is 5.82 Å². The molecular weight excluding hydrogens is 296 g/mol. The number of methoxy groups -OCH3 is 1. The summed E-state index contributed by atoms with van der Waals surface area (Å²) in [4.78, 5) is 15.3. The molecule has 0 aliphatic heterocycles. The van der Waals surface area contributed by atoms with Crippen LogP contribution in [0.3, 0.4) is 0 Å². The fraction of sp³-hybridized carbons (Fsp3) is 0.0769. The fourth-order valence-corrected chi connectivity index (χ4v) is 2.64. The Hall–Kier alpha value is -2.61. The maximum absolute atomic E-state index is 12.2. The number of sulfonamides is 1. The summed E-state index contributed by atoms with van der Waals surface area (Å²) >= 11 is 0. The van der Waals surface area contributed by atoms with E-state index in [9.17, 15) is 18.3 Å². The molecule has 8 heteroatoms. The molecule has 0 bridgehead atoms. The third kappa shape index (κ3) is 3.29. The van der Waals surface area contributed by atoms with Crippen molar-refractivity contribution in [3.63, 3.8) is 0 Å². The molecule has 7 nitrogen and oxygen atoms in total. The van der Waals surface area contributed by atoms with Gasteiger partial charge in [-0.1, -0.05) is 18.2 Å². The lowest BCUT2D eigenvalue weighted by Crippen LogP contribution is -2.17. The van der Waals surface area contributed by atoms with Gasteiger partial charge in [0.25, 0.3) is 10.0 Å². The molecule has 0 aliphatic carbocycles. The predicted octanol–water partition coefficient (Wildman–Crippen LogP) is 1.37. The van der Waals surface area contributed by atoms with Gasteiger partial charge in [0, 0.05) is 0 Å². The number of aromatic nitrogens is 1. The number of nitrogens with one attached hydrogen (secondary N) is 1. The van der Waals surface area contributed by atoms with Gasteiger partial charge in [-0.2, -0.15) is 0 Å². The number of benzene rings is 1. The first-order valence-electron chi connectivity index (χ1n) is 5.79. The highest BCUT2D eigenvalue weighted by molar-refractivity contribution is 7.92. The summed E-state index contributed by atoms with van der Waals surface area (Å²) in [6.45, 7) is 0. The molecule has 0 saturated carbocycles. The number of aromatic hydroxyl groups is 1. The van der Waals surface area contributed by atoms with Crippen LogP contribution in [0, 0.1) is 0 Å². The standard InChI is InChI=1S/C13H12N2O5S/c1-20-13(17)11-7-9(16)8-14-12(11)15-21(18,19)10-5-3-2-4-6-10/h2-8,16H,1H3,(H,14,15). The van der Waals surface area contributed by atoms with E-state index in [1.807, 2.05) is 0 Å². The molecule has 0 atom stereocenters. The van der Waals surface area contributed by atoms with Gasteiger partial charge in [-0.3, -0.25) is 4.72 Å². The SMILES string of the molecule is COC(=O)c1cc(O)cnc1NS(=O)(=O)c1ccccc1. The summed E-state index contributed by atoms with van der Waals surface area (Å²) in [7, 11) is -2.75. The van der Waals surface area contributed by atoms with E-state index in [1.165, 1.54) is 12.1 Å². The van der Waals surface area contributed by atoms with Crippen molar-refractivity contribution in [1.82, 2.24) is 4.98 Å². The molecule has 2 aromatic rings. The molecule has 1 heterocycles. The number of hydrogen-bond donors (Lipinski definition) is 2. The number of esters is 1. The fourth-order valence-electron chi connectivity index (χ4n) is 1.59. The molecule has 0 amide bonds. The number of rotatable bonds is 4. The summed E-state index contributed by atoms with van der Waals surface area (Å²) in [6, 6.07) is 8.70. The van der Waals surface area contributed by atoms with Gasteiger partial charge in [0.1, 0.15) is 11.3 Å². The summed E-state index contributed by atoms with van der Waals surface area (Å²) in [5.74, 6) is -1.31. The highest BCUT2D eigenvalue weighted by Gasteiger charge is 2.20. The zero-order chi connectivity index (χ0) is 15.5. The second kappa shape index (κ2) is 5.80. The van der Waals surface area contributed by atoms with Gasteiger partial charge < -0.3 is 9.84 Å². The minimum atomic E-state index is -3.89. The van der Waals surface area contributed by atoms with Crippen molar-refractivity contribution in [3.8, 4) is 5.75 Å². The molecule has 110 valence electrons. The van der Waals surface area contributed by atoms with Crippen molar-refractivity contribution >= 4 is 21.8 Å². The average molecular weight is 308 g/mol. The molecule has 0 aliphatic rings. The second-order valence-electron chi connectivity index (χ2n) is 4.00. The molecule has 0 spiro atoms. The Morgan fingerprint density at radius 3 is 2.57 bits per heavy atom. The van der Waals surface area contributed by atoms with Crippen molar-refractivity contribution < 1.29 is 23.1 Å². The van der Waals surface area contributed by atoms with Gasteiger partial charge in [0.05, 0.1) is 18.2 Å². The Bertz CT molecular complexity index is 759. The number of pyridine rings is 1. The third-order valence-electron chi connectivity index (χ3n) is 2.56. The van der Waals surface area contributed by atoms with Crippen LogP contribution in [0.25, 0.3) is 0 Å². The first-order chi connectivity index (χ1) is 9.94. The zero-order valence-corrected chi connectivity index (χ0v) is 11.8. The predicted molar refractivity (Wildman–Crippen MR) is 74.5 cm³/mol. The molecule has 1 aromatic heterocycles. The molecule has 0 unspecified atom stereocenters. The van der Waals surface area contributed by atoms with E-state index in [1.54, 1.807) is 18.2 Å². The van der Waals surface area contributed by atoms with Gasteiger partial charge in [0.2, 0.25) is 0 Å². The number of anilines is 1. The van der Waals surface area contributed by atoms with E-state index in [-0.39, 0.29) is 22.0 Å². The van der Waals surface area contributed by atoms with E-state index in [0.717, 1.165) is 19.4 Å². The van der Waals surface area contributed by atoms with Crippen LogP contribution in [0.1, 0.15) is 10.4 Å². The van der Waals surface area contributed by atoms with Crippen molar-refractivity contribution in [2.24, 2.45) is 0 Å². The maximum Gasteiger partial charge on any atom is 0.341 e. The lowest BCUT2D eigenvalue weighted by Gasteiger charge is -2.10. The van der Waals surface area contributed by atoms with Crippen LogP contribution in [-0.2, 0) is 14.8 Å².